The van der Waals surface area contributed by atoms with E-state index >= 15 is 0 Å². The zero-order valence-electron chi connectivity index (χ0n) is 12.2. The van der Waals surface area contributed by atoms with E-state index in [1.807, 2.05) is 12.1 Å². The molecule has 1 fully saturated rings. The second kappa shape index (κ2) is 5.38. The fourth-order valence-electron chi connectivity index (χ4n) is 3.38. The van der Waals surface area contributed by atoms with Crippen molar-refractivity contribution in [3.63, 3.8) is 0 Å². The van der Waals surface area contributed by atoms with Gasteiger partial charge >= 0.3 is 0 Å². The van der Waals surface area contributed by atoms with Gasteiger partial charge in [0, 0.05) is 18.5 Å². The summed E-state index contributed by atoms with van der Waals surface area (Å²) in [5.74, 6) is 1.22. The highest BCUT2D eigenvalue weighted by molar-refractivity contribution is 6.35. The van der Waals surface area contributed by atoms with Crippen LogP contribution in [0.4, 0.5) is 0 Å². The second-order valence-electron chi connectivity index (χ2n) is 5.76. The molecule has 1 aromatic heterocycles. The third-order valence-corrected chi connectivity index (χ3v) is 4.86. The summed E-state index contributed by atoms with van der Waals surface area (Å²) in [6.07, 6.45) is 3.37. The lowest BCUT2D eigenvalue weighted by Gasteiger charge is -2.27. The van der Waals surface area contributed by atoms with E-state index in [9.17, 15) is 0 Å². The van der Waals surface area contributed by atoms with Gasteiger partial charge in [-0.3, -0.25) is 0 Å². The molecule has 108 valence electrons. The molecule has 0 amide bonds. The first kappa shape index (κ1) is 13.9. The standard InChI is InChI=1S/C16H22ClN3/c1-3-10-20-14-12(17)6-5-7-13(14)19-15(20)16(4-2)8-9-18-11-16/h5-7,18H,3-4,8-11H2,1-2H3. The van der Waals surface area contributed by atoms with E-state index in [0.29, 0.717) is 0 Å². The van der Waals surface area contributed by atoms with Crippen molar-refractivity contribution in [1.82, 2.24) is 14.9 Å². The summed E-state index contributed by atoms with van der Waals surface area (Å²) in [7, 11) is 0. The second-order valence-corrected chi connectivity index (χ2v) is 6.16. The monoisotopic (exact) mass is 291 g/mol. The van der Waals surface area contributed by atoms with Gasteiger partial charge in [0.05, 0.1) is 16.1 Å². The van der Waals surface area contributed by atoms with Crippen molar-refractivity contribution < 1.29 is 0 Å². The minimum atomic E-state index is 0.164. The Bertz CT molecular complexity index is 611. The maximum absolute atomic E-state index is 6.43. The molecule has 0 saturated carbocycles. The van der Waals surface area contributed by atoms with Gasteiger partial charge in [0.15, 0.2) is 0 Å². The smallest absolute Gasteiger partial charge is 0.117 e. The molecule has 1 aliphatic rings. The normalized spacial score (nSPS) is 22.8. The molecular formula is C16H22ClN3. The summed E-state index contributed by atoms with van der Waals surface area (Å²) in [4.78, 5) is 4.96. The molecule has 1 unspecified atom stereocenters. The van der Waals surface area contributed by atoms with E-state index in [4.69, 9.17) is 16.6 Å². The molecule has 4 heteroatoms. The van der Waals surface area contributed by atoms with Crippen LogP contribution in [-0.4, -0.2) is 22.6 Å². The van der Waals surface area contributed by atoms with Gasteiger partial charge in [0.25, 0.3) is 0 Å². The van der Waals surface area contributed by atoms with Gasteiger partial charge in [-0.2, -0.15) is 0 Å². The van der Waals surface area contributed by atoms with Crippen molar-refractivity contribution in [3.8, 4) is 0 Å². The molecular weight excluding hydrogens is 270 g/mol. The van der Waals surface area contributed by atoms with Crippen molar-refractivity contribution in [1.29, 1.82) is 0 Å². The first-order valence-electron chi connectivity index (χ1n) is 7.58. The highest BCUT2D eigenvalue weighted by Gasteiger charge is 2.38. The number of fused-ring (bicyclic) bond motifs is 1. The molecule has 3 rings (SSSR count). The number of nitrogens with one attached hydrogen (secondary N) is 1. The molecule has 0 bridgehead atoms. The predicted octanol–water partition coefficient (Wildman–Crippen LogP) is 3.74. The van der Waals surface area contributed by atoms with E-state index in [1.54, 1.807) is 0 Å². The Morgan fingerprint density at radius 3 is 2.90 bits per heavy atom. The number of aromatic nitrogens is 2. The first-order chi connectivity index (χ1) is 9.72. The van der Waals surface area contributed by atoms with Crippen LogP contribution in [-0.2, 0) is 12.0 Å². The maximum Gasteiger partial charge on any atom is 0.117 e. The minimum absolute atomic E-state index is 0.164. The summed E-state index contributed by atoms with van der Waals surface area (Å²) in [6, 6.07) is 6.03. The molecule has 3 nitrogen and oxygen atoms in total. The third-order valence-electron chi connectivity index (χ3n) is 4.56. The fraction of sp³-hybridized carbons (Fsp3) is 0.562. The lowest BCUT2D eigenvalue weighted by atomic mass is 9.83. The Labute approximate surface area is 125 Å². The average molecular weight is 292 g/mol. The van der Waals surface area contributed by atoms with E-state index in [2.05, 4.69) is 29.8 Å². The Morgan fingerprint density at radius 2 is 2.25 bits per heavy atom. The summed E-state index contributed by atoms with van der Waals surface area (Å²) in [5.41, 5.74) is 2.30. The number of hydrogen-bond acceptors (Lipinski definition) is 2. The van der Waals surface area contributed by atoms with Gasteiger partial charge < -0.3 is 9.88 Å². The predicted molar refractivity (Wildman–Crippen MR) is 84.5 cm³/mol. The van der Waals surface area contributed by atoms with Crippen LogP contribution in [0.2, 0.25) is 5.02 Å². The lowest BCUT2D eigenvalue weighted by Crippen LogP contribution is -2.32. The van der Waals surface area contributed by atoms with Gasteiger partial charge in [-0.15, -0.1) is 0 Å². The van der Waals surface area contributed by atoms with Crippen LogP contribution < -0.4 is 5.32 Å². The van der Waals surface area contributed by atoms with E-state index in [-0.39, 0.29) is 5.41 Å². The molecule has 1 aromatic carbocycles. The van der Waals surface area contributed by atoms with Crippen molar-refractivity contribution >= 4 is 22.6 Å². The highest BCUT2D eigenvalue weighted by Crippen LogP contribution is 2.37. The van der Waals surface area contributed by atoms with Gasteiger partial charge in [0.1, 0.15) is 5.82 Å². The number of nitrogens with zero attached hydrogens (tertiary/aromatic N) is 2. The molecule has 0 aliphatic carbocycles. The highest BCUT2D eigenvalue weighted by atomic mass is 35.5. The number of para-hydroxylation sites is 1. The van der Waals surface area contributed by atoms with Crippen molar-refractivity contribution in [3.05, 3.63) is 29.0 Å². The molecule has 0 spiro atoms. The SMILES string of the molecule is CCCn1c(C2(CC)CCNC2)nc2cccc(Cl)c21. The van der Waals surface area contributed by atoms with Crippen LogP contribution >= 0.6 is 11.6 Å². The first-order valence-corrected chi connectivity index (χ1v) is 7.95. The number of rotatable bonds is 4. The largest absolute Gasteiger partial charge is 0.326 e. The molecule has 1 N–H and O–H groups in total. The number of imidazole rings is 1. The van der Waals surface area contributed by atoms with Crippen molar-refractivity contribution in [2.75, 3.05) is 13.1 Å². The van der Waals surface area contributed by atoms with Crippen molar-refractivity contribution in [2.45, 2.75) is 45.1 Å². The summed E-state index contributed by atoms with van der Waals surface area (Å²) < 4.78 is 2.36. The van der Waals surface area contributed by atoms with Crippen LogP contribution in [0.3, 0.4) is 0 Å². The summed E-state index contributed by atoms with van der Waals surface area (Å²) in [6.45, 7) is 7.56. The molecule has 0 radical (unpaired) electrons. The van der Waals surface area contributed by atoms with Crippen LogP contribution in [0.1, 0.15) is 38.9 Å². The van der Waals surface area contributed by atoms with Gasteiger partial charge in [-0.25, -0.2) is 4.98 Å². The summed E-state index contributed by atoms with van der Waals surface area (Å²) in [5, 5.41) is 4.32. The fourth-order valence-corrected chi connectivity index (χ4v) is 3.65. The van der Waals surface area contributed by atoms with Crippen LogP contribution in [0, 0.1) is 0 Å². The van der Waals surface area contributed by atoms with E-state index in [0.717, 1.165) is 55.0 Å². The quantitative estimate of drug-likeness (QED) is 0.930. The van der Waals surface area contributed by atoms with Crippen LogP contribution in [0.25, 0.3) is 11.0 Å². The van der Waals surface area contributed by atoms with Gasteiger partial charge in [0.2, 0.25) is 0 Å². The number of aryl methyl sites for hydroxylation is 1. The Kier molecular flexibility index (Phi) is 3.74. The molecule has 1 aliphatic heterocycles. The topological polar surface area (TPSA) is 29.9 Å². The lowest BCUT2D eigenvalue weighted by molar-refractivity contribution is 0.405. The molecule has 2 heterocycles. The van der Waals surface area contributed by atoms with E-state index < -0.39 is 0 Å². The molecule has 1 saturated heterocycles. The van der Waals surface area contributed by atoms with Gasteiger partial charge in [-0.1, -0.05) is 31.5 Å². The number of halogens is 1. The van der Waals surface area contributed by atoms with E-state index in [1.165, 1.54) is 5.82 Å². The zero-order valence-corrected chi connectivity index (χ0v) is 13.0. The van der Waals surface area contributed by atoms with Crippen molar-refractivity contribution in [2.24, 2.45) is 0 Å². The van der Waals surface area contributed by atoms with Crippen LogP contribution in [0.15, 0.2) is 18.2 Å². The molecule has 1 atom stereocenters. The maximum atomic E-state index is 6.43. The Balaban J connectivity index is 2.24. The molecule has 2 aromatic rings. The zero-order chi connectivity index (χ0) is 14.2. The molecule has 20 heavy (non-hydrogen) atoms. The third kappa shape index (κ3) is 2.04. The van der Waals surface area contributed by atoms with Crippen LogP contribution in [0.5, 0.6) is 0 Å². The number of hydrogen-bond donors (Lipinski definition) is 1. The Morgan fingerprint density at radius 1 is 1.40 bits per heavy atom. The van der Waals surface area contributed by atoms with Gasteiger partial charge in [-0.05, 0) is 37.9 Å². The number of benzene rings is 1. The summed E-state index contributed by atoms with van der Waals surface area (Å²) >= 11 is 6.43. The minimum Gasteiger partial charge on any atom is -0.326 e. The average Bonchev–Trinajstić information content (AvgIpc) is 3.05. The Hall–Kier alpha value is -1.06.